The van der Waals surface area contributed by atoms with Gasteiger partial charge in [0.2, 0.25) is 0 Å². The van der Waals surface area contributed by atoms with E-state index in [2.05, 4.69) is 0 Å². The molecular formula is C14H18F3NO4. The van der Waals surface area contributed by atoms with Crippen molar-refractivity contribution in [2.75, 3.05) is 33.0 Å². The topological polar surface area (TPSA) is 70.8 Å². The number of primary amides is 1. The summed E-state index contributed by atoms with van der Waals surface area (Å²) in [5, 5.41) is 0. The zero-order valence-corrected chi connectivity index (χ0v) is 12.1. The standard InChI is InChI=1S/C14H18F3NO4/c1-2-20-5-6-21-7-8-22-12-4-3-10(14(15,16)17)9-11(12)13(18)19/h3-4,9H,2,5-8H2,1H3,(H2,18,19). The van der Waals surface area contributed by atoms with Crippen LogP contribution in [0, 0.1) is 0 Å². The van der Waals surface area contributed by atoms with Crippen molar-refractivity contribution in [2.24, 2.45) is 5.73 Å². The van der Waals surface area contributed by atoms with Crippen molar-refractivity contribution >= 4 is 5.91 Å². The van der Waals surface area contributed by atoms with Crippen LogP contribution in [0.1, 0.15) is 22.8 Å². The Morgan fingerprint density at radius 1 is 1.14 bits per heavy atom. The van der Waals surface area contributed by atoms with Gasteiger partial charge in [0, 0.05) is 6.61 Å². The fourth-order valence-electron chi connectivity index (χ4n) is 1.60. The summed E-state index contributed by atoms with van der Waals surface area (Å²) in [6.45, 7) is 3.58. The molecule has 0 saturated carbocycles. The highest BCUT2D eigenvalue weighted by Gasteiger charge is 2.31. The smallest absolute Gasteiger partial charge is 0.416 e. The molecule has 0 heterocycles. The molecule has 0 aliphatic carbocycles. The van der Waals surface area contributed by atoms with Gasteiger partial charge in [-0.2, -0.15) is 13.2 Å². The van der Waals surface area contributed by atoms with Gasteiger partial charge in [-0.15, -0.1) is 0 Å². The Labute approximate surface area is 126 Å². The molecule has 0 aliphatic heterocycles. The molecule has 0 spiro atoms. The van der Waals surface area contributed by atoms with Crippen LogP contribution in [0.5, 0.6) is 5.75 Å². The number of ether oxygens (including phenoxy) is 3. The Kier molecular flexibility index (Phi) is 7.13. The van der Waals surface area contributed by atoms with E-state index in [0.29, 0.717) is 25.9 Å². The summed E-state index contributed by atoms with van der Waals surface area (Å²) in [7, 11) is 0. The molecule has 0 radical (unpaired) electrons. The highest BCUT2D eigenvalue weighted by Crippen LogP contribution is 2.32. The Balaban J connectivity index is 2.57. The number of nitrogens with two attached hydrogens (primary N) is 1. The largest absolute Gasteiger partial charge is 0.490 e. The van der Waals surface area contributed by atoms with Gasteiger partial charge >= 0.3 is 6.18 Å². The highest BCUT2D eigenvalue weighted by atomic mass is 19.4. The molecule has 1 aromatic rings. The number of rotatable bonds is 9. The van der Waals surface area contributed by atoms with E-state index < -0.39 is 17.6 Å². The number of amides is 1. The summed E-state index contributed by atoms with van der Waals surface area (Å²) in [6, 6.07) is 2.58. The molecular weight excluding hydrogens is 303 g/mol. The van der Waals surface area contributed by atoms with E-state index in [0.717, 1.165) is 12.1 Å². The van der Waals surface area contributed by atoms with E-state index >= 15 is 0 Å². The number of benzene rings is 1. The molecule has 8 heteroatoms. The molecule has 0 fully saturated rings. The van der Waals surface area contributed by atoms with Crippen molar-refractivity contribution in [1.29, 1.82) is 0 Å². The van der Waals surface area contributed by atoms with E-state index in [4.69, 9.17) is 19.9 Å². The first-order valence-corrected chi connectivity index (χ1v) is 6.65. The molecule has 1 amide bonds. The Morgan fingerprint density at radius 3 is 2.36 bits per heavy atom. The van der Waals surface area contributed by atoms with E-state index in [9.17, 15) is 18.0 Å². The Hall–Kier alpha value is -1.80. The van der Waals surface area contributed by atoms with Crippen LogP contribution in [0.25, 0.3) is 0 Å². The fourth-order valence-corrected chi connectivity index (χ4v) is 1.60. The number of carbonyl (C=O) groups is 1. The number of carbonyl (C=O) groups excluding carboxylic acids is 1. The lowest BCUT2D eigenvalue weighted by Gasteiger charge is -2.13. The van der Waals surface area contributed by atoms with Gasteiger partial charge in [0.15, 0.2) is 0 Å². The SMILES string of the molecule is CCOCCOCCOc1ccc(C(F)(F)F)cc1C(N)=O. The third-order valence-corrected chi connectivity index (χ3v) is 2.63. The van der Waals surface area contributed by atoms with E-state index in [1.807, 2.05) is 6.92 Å². The number of halogens is 3. The molecule has 0 atom stereocenters. The minimum atomic E-state index is -4.55. The van der Waals surface area contributed by atoms with Crippen LogP contribution >= 0.6 is 0 Å². The van der Waals surface area contributed by atoms with Gasteiger partial charge in [-0.25, -0.2) is 0 Å². The summed E-state index contributed by atoms with van der Waals surface area (Å²) in [5.41, 5.74) is 3.81. The van der Waals surface area contributed by atoms with Crippen molar-refractivity contribution in [3.05, 3.63) is 29.3 Å². The number of alkyl halides is 3. The van der Waals surface area contributed by atoms with E-state index in [1.165, 1.54) is 0 Å². The molecule has 0 unspecified atom stereocenters. The first-order valence-electron chi connectivity index (χ1n) is 6.65. The molecule has 0 aliphatic rings. The molecule has 124 valence electrons. The van der Waals surface area contributed by atoms with Gasteiger partial charge in [0.05, 0.1) is 30.9 Å². The lowest BCUT2D eigenvalue weighted by atomic mass is 10.1. The van der Waals surface area contributed by atoms with Crippen molar-refractivity contribution in [3.8, 4) is 5.75 Å². The van der Waals surface area contributed by atoms with Gasteiger partial charge in [-0.05, 0) is 25.1 Å². The maximum absolute atomic E-state index is 12.6. The van der Waals surface area contributed by atoms with Gasteiger partial charge < -0.3 is 19.9 Å². The highest BCUT2D eigenvalue weighted by molar-refractivity contribution is 5.95. The van der Waals surface area contributed by atoms with Crippen LogP contribution in [-0.4, -0.2) is 38.9 Å². The second-order valence-electron chi connectivity index (χ2n) is 4.23. The van der Waals surface area contributed by atoms with Crippen LogP contribution in [0.2, 0.25) is 0 Å². The van der Waals surface area contributed by atoms with E-state index in [-0.39, 0.29) is 24.5 Å². The normalized spacial score (nSPS) is 11.5. The first kappa shape index (κ1) is 18.2. The average Bonchev–Trinajstić information content (AvgIpc) is 2.45. The van der Waals surface area contributed by atoms with Crippen LogP contribution in [0.3, 0.4) is 0 Å². The van der Waals surface area contributed by atoms with Gasteiger partial charge in [0.1, 0.15) is 12.4 Å². The maximum Gasteiger partial charge on any atom is 0.416 e. The number of hydrogen-bond donors (Lipinski definition) is 1. The molecule has 1 rings (SSSR count). The predicted molar refractivity (Wildman–Crippen MR) is 72.8 cm³/mol. The minimum Gasteiger partial charge on any atom is -0.490 e. The van der Waals surface area contributed by atoms with Crippen LogP contribution in [0.15, 0.2) is 18.2 Å². The third-order valence-electron chi connectivity index (χ3n) is 2.63. The molecule has 5 nitrogen and oxygen atoms in total. The van der Waals surface area contributed by atoms with Gasteiger partial charge in [-0.1, -0.05) is 0 Å². The molecule has 0 bridgehead atoms. The summed E-state index contributed by atoms with van der Waals surface area (Å²) >= 11 is 0. The van der Waals surface area contributed by atoms with Crippen molar-refractivity contribution in [2.45, 2.75) is 13.1 Å². The molecule has 2 N–H and O–H groups in total. The third kappa shape index (κ3) is 5.90. The second kappa shape index (κ2) is 8.60. The first-order chi connectivity index (χ1) is 10.4. The summed E-state index contributed by atoms with van der Waals surface area (Å²) in [6.07, 6.45) is -4.55. The lowest BCUT2D eigenvalue weighted by molar-refractivity contribution is -0.137. The predicted octanol–water partition coefficient (Wildman–Crippen LogP) is 2.24. The minimum absolute atomic E-state index is 0.00564. The summed E-state index contributed by atoms with van der Waals surface area (Å²) in [5.74, 6) is -0.993. The molecule has 22 heavy (non-hydrogen) atoms. The van der Waals surface area contributed by atoms with Crippen molar-refractivity contribution in [1.82, 2.24) is 0 Å². The molecule has 0 aromatic heterocycles. The zero-order chi connectivity index (χ0) is 16.6. The Morgan fingerprint density at radius 2 is 1.77 bits per heavy atom. The van der Waals surface area contributed by atoms with E-state index in [1.54, 1.807) is 0 Å². The molecule has 0 saturated heterocycles. The zero-order valence-electron chi connectivity index (χ0n) is 12.1. The van der Waals surface area contributed by atoms with Crippen LogP contribution in [0.4, 0.5) is 13.2 Å². The number of hydrogen-bond acceptors (Lipinski definition) is 4. The van der Waals surface area contributed by atoms with Crippen molar-refractivity contribution < 1.29 is 32.2 Å². The van der Waals surface area contributed by atoms with Crippen LogP contribution < -0.4 is 10.5 Å². The second-order valence-corrected chi connectivity index (χ2v) is 4.23. The average molecular weight is 321 g/mol. The Bertz CT molecular complexity index is 491. The quantitative estimate of drug-likeness (QED) is 0.708. The summed E-state index contributed by atoms with van der Waals surface area (Å²) < 4.78 is 53.3. The maximum atomic E-state index is 12.6. The van der Waals surface area contributed by atoms with Gasteiger partial charge in [0.25, 0.3) is 5.91 Å². The summed E-state index contributed by atoms with van der Waals surface area (Å²) in [4.78, 5) is 11.2. The monoisotopic (exact) mass is 321 g/mol. The van der Waals surface area contributed by atoms with Gasteiger partial charge in [-0.3, -0.25) is 4.79 Å². The molecule has 1 aromatic carbocycles. The van der Waals surface area contributed by atoms with Crippen LogP contribution in [-0.2, 0) is 15.7 Å². The van der Waals surface area contributed by atoms with Crippen molar-refractivity contribution in [3.63, 3.8) is 0 Å². The fraction of sp³-hybridized carbons (Fsp3) is 0.500. The lowest BCUT2D eigenvalue weighted by Crippen LogP contribution is -2.17.